The molecule has 22 heavy (non-hydrogen) atoms. The molecule has 0 aliphatic carbocycles. The molecule has 1 aromatic heterocycles. The molecule has 0 saturated heterocycles. The van der Waals surface area contributed by atoms with Gasteiger partial charge in [-0.3, -0.25) is 9.28 Å². The lowest BCUT2D eigenvalue weighted by Crippen LogP contribution is -2.34. The van der Waals surface area contributed by atoms with Crippen LogP contribution in [0.15, 0.2) is 54.6 Å². The molecule has 0 amide bonds. The van der Waals surface area contributed by atoms with Gasteiger partial charge in [-0.1, -0.05) is 18.2 Å². The van der Waals surface area contributed by atoms with E-state index >= 15 is 0 Å². The Labute approximate surface area is 130 Å². The summed E-state index contributed by atoms with van der Waals surface area (Å²) in [5.41, 5.74) is 3.98. The fourth-order valence-corrected chi connectivity index (χ4v) is 2.60. The molecular weight excluding hydrogens is 272 g/mol. The zero-order valence-corrected chi connectivity index (χ0v) is 13.3. The molecule has 0 bridgehead atoms. The highest BCUT2D eigenvalue weighted by atomic mass is 16.1. The molecule has 0 spiro atoms. The van der Waals surface area contributed by atoms with Crippen LogP contribution in [0.25, 0.3) is 10.9 Å². The molecule has 3 heteroatoms. The van der Waals surface area contributed by atoms with Gasteiger partial charge in [-0.15, -0.1) is 0 Å². The van der Waals surface area contributed by atoms with Crippen LogP contribution in [-0.2, 0) is 6.42 Å². The first kappa shape index (κ1) is 14.5. The van der Waals surface area contributed by atoms with Gasteiger partial charge in [-0.05, 0) is 41.8 Å². The maximum Gasteiger partial charge on any atom is 0.168 e. The molecule has 3 nitrogen and oxygen atoms in total. The number of aromatic amines is 1. The molecular formula is C19H21N2O+. The van der Waals surface area contributed by atoms with E-state index in [0.717, 1.165) is 26.6 Å². The van der Waals surface area contributed by atoms with E-state index in [4.69, 9.17) is 0 Å². The second-order valence-electron chi connectivity index (χ2n) is 6.54. The molecule has 3 rings (SSSR count). The molecule has 0 unspecified atom stereocenters. The van der Waals surface area contributed by atoms with E-state index < -0.39 is 0 Å². The first-order valence-corrected chi connectivity index (χ1v) is 7.45. The number of nitrogens with one attached hydrogen (secondary N) is 1. The van der Waals surface area contributed by atoms with Crippen molar-refractivity contribution in [3.63, 3.8) is 0 Å². The molecule has 0 radical (unpaired) electrons. The number of carbonyl (C=O) groups excluding carboxylic acids is 1. The van der Waals surface area contributed by atoms with Crippen LogP contribution < -0.4 is 4.48 Å². The number of carbonyl (C=O) groups is 1. The second kappa shape index (κ2) is 5.43. The van der Waals surface area contributed by atoms with Crippen molar-refractivity contribution in [1.82, 2.24) is 9.47 Å². The summed E-state index contributed by atoms with van der Waals surface area (Å²) in [4.78, 5) is 15.7. The van der Waals surface area contributed by atoms with Crippen molar-refractivity contribution in [2.75, 3.05) is 21.1 Å². The Morgan fingerprint density at radius 3 is 2.32 bits per heavy atom. The van der Waals surface area contributed by atoms with Gasteiger partial charge < -0.3 is 4.98 Å². The van der Waals surface area contributed by atoms with Gasteiger partial charge in [0.2, 0.25) is 0 Å². The van der Waals surface area contributed by atoms with Gasteiger partial charge in [-0.25, -0.2) is 0 Å². The minimum Gasteiger partial charge on any atom is -0.358 e. The molecule has 0 fully saturated rings. The fourth-order valence-electron chi connectivity index (χ4n) is 2.60. The average Bonchev–Trinajstić information content (AvgIpc) is 2.88. The lowest BCUT2D eigenvalue weighted by molar-refractivity contribution is 0.0992. The highest BCUT2D eigenvalue weighted by Crippen LogP contribution is 2.19. The fraction of sp³-hybridized carbons (Fsp3) is 0.211. The summed E-state index contributed by atoms with van der Waals surface area (Å²) < 4.78 is 0.747. The van der Waals surface area contributed by atoms with E-state index in [9.17, 15) is 4.79 Å². The minimum absolute atomic E-state index is 0.138. The van der Waals surface area contributed by atoms with Gasteiger partial charge >= 0.3 is 0 Å². The first-order chi connectivity index (χ1) is 10.4. The molecule has 1 heterocycles. The summed E-state index contributed by atoms with van der Waals surface area (Å²) in [6.45, 7) is 0. The van der Waals surface area contributed by atoms with Crippen LogP contribution in [0.1, 0.15) is 16.1 Å². The average molecular weight is 293 g/mol. The molecule has 112 valence electrons. The quantitative estimate of drug-likeness (QED) is 0.576. The molecule has 1 N–H and O–H groups in total. The van der Waals surface area contributed by atoms with Crippen molar-refractivity contribution in [1.29, 1.82) is 0 Å². The summed E-state index contributed by atoms with van der Waals surface area (Å²) in [5, 5.41) is 1.14. The Balaban J connectivity index is 1.79. The van der Waals surface area contributed by atoms with Gasteiger partial charge in [0.1, 0.15) is 5.69 Å². The Bertz CT molecular complexity index is 774. The number of nitrogens with zero attached hydrogens (tertiary/aromatic N) is 1. The van der Waals surface area contributed by atoms with E-state index in [-0.39, 0.29) is 5.78 Å². The zero-order chi connectivity index (χ0) is 15.7. The topological polar surface area (TPSA) is 32.9 Å². The van der Waals surface area contributed by atoms with Gasteiger partial charge in [0.05, 0.1) is 27.6 Å². The van der Waals surface area contributed by atoms with Crippen molar-refractivity contribution in [2.24, 2.45) is 0 Å². The van der Waals surface area contributed by atoms with Crippen LogP contribution in [0.2, 0.25) is 0 Å². The van der Waals surface area contributed by atoms with Gasteiger partial charge in [-0.2, -0.15) is 0 Å². The number of benzene rings is 2. The molecule has 0 atom stereocenters. The van der Waals surface area contributed by atoms with Crippen LogP contribution in [0.3, 0.4) is 0 Å². The number of rotatable bonds is 4. The minimum atomic E-state index is 0.138. The Kier molecular flexibility index (Phi) is 3.59. The summed E-state index contributed by atoms with van der Waals surface area (Å²) in [6.07, 6.45) is 0.401. The number of hydrogen-bond acceptors (Lipinski definition) is 1. The highest BCUT2D eigenvalue weighted by molar-refractivity contribution is 5.98. The zero-order valence-electron chi connectivity index (χ0n) is 13.3. The van der Waals surface area contributed by atoms with E-state index in [2.05, 4.69) is 32.2 Å². The van der Waals surface area contributed by atoms with Gasteiger partial charge in [0.15, 0.2) is 5.78 Å². The number of quaternary nitrogens is 1. The molecule has 0 saturated carbocycles. The van der Waals surface area contributed by atoms with Crippen molar-refractivity contribution < 1.29 is 4.79 Å². The lowest BCUT2D eigenvalue weighted by Gasteiger charge is -2.23. The largest absolute Gasteiger partial charge is 0.358 e. The van der Waals surface area contributed by atoms with E-state index in [1.54, 1.807) is 0 Å². The van der Waals surface area contributed by atoms with Crippen molar-refractivity contribution in [3.8, 4) is 0 Å². The molecule has 0 aliphatic heterocycles. The van der Waals surface area contributed by atoms with Gasteiger partial charge in [0, 0.05) is 16.8 Å². The maximum absolute atomic E-state index is 12.4. The number of H-pyrrole nitrogens is 1. The van der Waals surface area contributed by atoms with E-state index in [0.29, 0.717) is 6.42 Å². The number of hydrogen-bond donors (Lipinski definition) is 1. The van der Waals surface area contributed by atoms with Crippen molar-refractivity contribution in [3.05, 3.63) is 65.9 Å². The third-order valence-electron chi connectivity index (χ3n) is 3.90. The third kappa shape index (κ3) is 2.95. The van der Waals surface area contributed by atoms with Crippen molar-refractivity contribution >= 4 is 22.4 Å². The predicted molar refractivity (Wildman–Crippen MR) is 92.3 cm³/mol. The first-order valence-electron chi connectivity index (χ1n) is 7.45. The Morgan fingerprint density at radius 1 is 1.00 bits per heavy atom. The van der Waals surface area contributed by atoms with E-state index in [1.807, 2.05) is 48.5 Å². The Morgan fingerprint density at radius 2 is 1.68 bits per heavy atom. The molecule has 3 aromatic rings. The third-order valence-corrected chi connectivity index (χ3v) is 3.90. The normalized spacial score (nSPS) is 11.8. The number of fused-ring (bicyclic) bond motifs is 1. The van der Waals surface area contributed by atoms with Crippen LogP contribution >= 0.6 is 0 Å². The summed E-state index contributed by atoms with van der Waals surface area (Å²) in [7, 11) is 6.34. The number of para-hydroxylation sites is 1. The van der Waals surface area contributed by atoms with Crippen LogP contribution in [-0.4, -0.2) is 31.9 Å². The number of ketones is 1. The number of aromatic nitrogens is 1. The maximum atomic E-state index is 12.4. The predicted octanol–water partition coefficient (Wildman–Crippen LogP) is 3.79. The smallest absolute Gasteiger partial charge is 0.168 e. The SMILES string of the molecule is C[N+](C)(C)c1ccc(C(=O)Cc2cc3ccccc3[nH]2)cc1. The number of Topliss-reactive ketones (excluding diaryl/α,β-unsaturated/α-hetero) is 1. The Hall–Kier alpha value is -2.39. The van der Waals surface area contributed by atoms with E-state index in [1.165, 1.54) is 5.69 Å². The second-order valence-corrected chi connectivity index (χ2v) is 6.54. The van der Waals surface area contributed by atoms with Crippen LogP contribution in [0, 0.1) is 0 Å². The van der Waals surface area contributed by atoms with Crippen LogP contribution in [0.5, 0.6) is 0 Å². The summed E-state index contributed by atoms with van der Waals surface area (Å²) >= 11 is 0. The molecule has 2 aromatic carbocycles. The highest BCUT2D eigenvalue weighted by Gasteiger charge is 2.14. The lowest BCUT2D eigenvalue weighted by atomic mass is 10.1. The van der Waals surface area contributed by atoms with Gasteiger partial charge in [0.25, 0.3) is 0 Å². The summed E-state index contributed by atoms with van der Waals surface area (Å²) in [6, 6.07) is 18.0. The molecule has 0 aliphatic rings. The monoisotopic (exact) mass is 293 g/mol. The standard InChI is InChI=1S/C19H21N2O/c1-21(2,3)17-10-8-14(9-11-17)19(22)13-16-12-15-6-4-5-7-18(15)20-16/h4-12,20H,13H2,1-3H3/q+1. The summed E-state index contributed by atoms with van der Waals surface area (Å²) in [5.74, 6) is 0.138. The van der Waals surface area contributed by atoms with Crippen LogP contribution in [0.4, 0.5) is 5.69 Å². The van der Waals surface area contributed by atoms with Crippen molar-refractivity contribution in [2.45, 2.75) is 6.42 Å².